The minimum atomic E-state index is -0.374. The minimum absolute atomic E-state index is 0.0642. The monoisotopic (exact) mass is 264 g/mol. The van der Waals surface area contributed by atoms with E-state index in [4.69, 9.17) is 9.47 Å². The van der Waals surface area contributed by atoms with Crippen LogP contribution in [0.3, 0.4) is 0 Å². The van der Waals surface area contributed by atoms with Crippen molar-refractivity contribution in [2.45, 2.75) is 51.2 Å². The quantitative estimate of drug-likeness (QED) is 0.901. The smallest absolute Gasteiger partial charge is 0.256 e. The van der Waals surface area contributed by atoms with Gasteiger partial charge in [-0.3, -0.25) is 4.79 Å². The van der Waals surface area contributed by atoms with E-state index in [0.717, 1.165) is 37.2 Å². The lowest BCUT2D eigenvalue weighted by Crippen LogP contribution is -2.34. The maximum absolute atomic E-state index is 12.2. The van der Waals surface area contributed by atoms with Crippen molar-refractivity contribution < 1.29 is 9.47 Å². The van der Waals surface area contributed by atoms with Crippen LogP contribution in [-0.4, -0.2) is 23.2 Å². The zero-order valence-corrected chi connectivity index (χ0v) is 11.3. The first-order chi connectivity index (χ1) is 9.25. The number of rotatable bonds is 3. The summed E-state index contributed by atoms with van der Waals surface area (Å²) >= 11 is 0. The Balaban J connectivity index is 2.04. The average molecular weight is 264 g/mol. The Kier molecular flexibility index (Phi) is 3.41. The molecule has 0 bridgehead atoms. The van der Waals surface area contributed by atoms with Gasteiger partial charge in [0.05, 0.1) is 24.5 Å². The van der Waals surface area contributed by atoms with E-state index in [1.54, 1.807) is 0 Å². The van der Waals surface area contributed by atoms with Crippen LogP contribution in [0, 0.1) is 0 Å². The van der Waals surface area contributed by atoms with E-state index in [0.29, 0.717) is 31.8 Å². The Morgan fingerprint density at radius 1 is 1.42 bits per heavy atom. The molecule has 5 nitrogen and oxygen atoms in total. The second-order valence-electron chi connectivity index (χ2n) is 5.28. The van der Waals surface area contributed by atoms with Gasteiger partial charge in [0.2, 0.25) is 0 Å². The lowest BCUT2D eigenvalue weighted by atomic mass is 10.00. The molecule has 1 aromatic rings. The number of aromatic amines is 1. The van der Waals surface area contributed by atoms with Crippen LogP contribution in [0.1, 0.15) is 49.7 Å². The summed E-state index contributed by atoms with van der Waals surface area (Å²) in [6.45, 7) is 3.65. The fraction of sp³-hybridized carbons (Fsp3) is 0.714. The number of nitrogens with zero attached hydrogens (tertiary/aromatic N) is 1. The zero-order chi connectivity index (χ0) is 13.3. The third kappa shape index (κ3) is 2.21. The van der Waals surface area contributed by atoms with Crippen molar-refractivity contribution >= 4 is 0 Å². The largest absolute Gasteiger partial charge is 0.376 e. The highest BCUT2D eigenvalue weighted by Gasteiger charge is 2.39. The molecular formula is C14H20N2O3. The van der Waals surface area contributed by atoms with E-state index < -0.39 is 0 Å². The lowest BCUT2D eigenvalue weighted by Gasteiger charge is -2.29. The van der Waals surface area contributed by atoms with Crippen molar-refractivity contribution in [3.05, 3.63) is 27.4 Å². The van der Waals surface area contributed by atoms with Gasteiger partial charge in [-0.2, -0.15) is 0 Å². The number of aromatic nitrogens is 2. The fourth-order valence-electron chi connectivity index (χ4n) is 3.13. The van der Waals surface area contributed by atoms with Crippen molar-refractivity contribution in [1.29, 1.82) is 0 Å². The first kappa shape index (κ1) is 12.8. The normalized spacial score (nSPS) is 21.3. The van der Waals surface area contributed by atoms with Crippen molar-refractivity contribution in [3.8, 4) is 0 Å². The van der Waals surface area contributed by atoms with Crippen LogP contribution in [-0.2, 0) is 28.1 Å². The molecule has 0 spiro atoms. The SMILES string of the molecule is CCOC1(c2nc3c(c(=O)[nH]2)COCC3)CCCC1. The molecule has 104 valence electrons. The number of H-pyrrole nitrogens is 1. The summed E-state index contributed by atoms with van der Waals surface area (Å²) in [6.07, 6.45) is 4.86. The molecule has 0 amide bonds. The average Bonchev–Trinajstić information content (AvgIpc) is 2.89. The number of fused-ring (bicyclic) bond motifs is 1. The molecule has 5 heteroatoms. The molecule has 0 unspecified atom stereocenters. The van der Waals surface area contributed by atoms with Gasteiger partial charge in [-0.05, 0) is 32.6 Å². The molecule has 0 saturated heterocycles. The molecule has 0 aromatic carbocycles. The van der Waals surface area contributed by atoms with E-state index in [2.05, 4.69) is 9.97 Å². The van der Waals surface area contributed by atoms with E-state index >= 15 is 0 Å². The topological polar surface area (TPSA) is 64.2 Å². The van der Waals surface area contributed by atoms with Gasteiger partial charge in [-0.25, -0.2) is 4.98 Å². The molecule has 0 atom stereocenters. The van der Waals surface area contributed by atoms with Crippen LogP contribution in [0.4, 0.5) is 0 Å². The van der Waals surface area contributed by atoms with Crippen molar-refractivity contribution in [2.75, 3.05) is 13.2 Å². The lowest BCUT2D eigenvalue weighted by molar-refractivity contribution is -0.0463. The highest BCUT2D eigenvalue weighted by molar-refractivity contribution is 5.21. The Morgan fingerprint density at radius 2 is 2.21 bits per heavy atom. The third-order valence-corrected chi connectivity index (χ3v) is 4.09. The van der Waals surface area contributed by atoms with Crippen LogP contribution >= 0.6 is 0 Å². The predicted octanol–water partition coefficient (Wildman–Crippen LogP) is 1.65. The van der Waals surface area contributed by atoms with Crippen LogP contribution in [0.25, 0.3) is 0 Å². The number of nitrogens with one attached hydrogen (secondary N) is 1. The van der Waals surface area contributed by atoms with E-state index in [1.807, 2.05) is 6.92 Å². The fourth-order valence-corrected chi connectivity index (χ4v) is 3.13. The van der Waals surface area contributed by atoms with E-state index in [9.17, 15) is 4.79 Å². The highest BCUT2D eigenvalue weighted by atomic mass is 16.5. The first-order valence-corrected chi connectivity index (χ1v) is 7.09. The Bertz CT molecular complexity index is 518. The molecule has 2 aliphatic rings. The second-order valence-corrected chi connectivity index (χ2v) is 5.28. The molecule has 1 fully saturated rings. The zero-order valence-electron chi connectivity index (χ0n) is 11.3. The van der Waals surface area contributed by atoms with Crippen molar-refractivity contribution in [2.24, 2.45) is 0 Å². The minimum Gasteiger partial charge on any atom is -0.376 e. The van der Waals surface area contributed by atoms with Gasteiger partial charge in [0.1, 0.15) is 11.4 Å². The number of hydrogen-bond donors (Lipinski definition) is 1. The molecule has 19 heavy (non-hydrogen) atoms. The first-order valence-electron chi connectivity index (χ1n) is 7.09. The summed E-state index contributed by atoms with van der Waals surface area (Å²) in [4.78, 5) is 19.8. The summed E-state index contributed by atoms with van der Waals surface area (Å²) in [5, 5.41) is 0. The van der Waals surface area contributed by atoms with Crippen LogP contribution in [0.15, 0.2) is 4.79 Å². The summed E-state index contributed by atoms with van der Waals surface area (Å²) in [7, 11) is 0. The maximum Gasteiger partial charge on any atom is 0.256 e. The molecule has 0 radical (unpaired) electrons. The molecule has 3 rings (SSSR count). The predicted molar refractivity (Wildman–Crippen MR) is 70.0 cm³/mol. The van der Waals surface area contributed by atoms with Gasteiger partial charge in [0.15, 0.2) is 0 Å². The Hall–Kier alpha value is -1.20. The van der Waals surface area contributed by atoms with Crippen molar-refractivity contribution in [1.82, 2.24) is 9.97 Å². The van der Waals surface area contributed by atoms with E-state index in [-0.39, 0.29) is 11.2 Å². The summed E-state index contributed by atoms with van der Waals surface area (Å²) in [6, 6.07) is 0. The van der Waals surface area contributed by atoms with Gasteiger partial charge in [0, 0.05) is 13.0 Å². The molecule has 1 aromatic heterocycles. The second kappa shape index (κ2) is 5.06. The molecular weight excluding hydrogens is 244 g/mol. The number of ether oxygens (including phenoxy) is 2. The Morgan fingerprint density at radius 3 is 2.95 bits per heavy atom. The van der Waals surface area contributed by atoms with Gasteiger partial charge in [-0.15, -0.1) is 0 Å². The molecule has 1 aliphatic heterocycles. The molecule has 1 aliphatic carbocycles. The van der Waals surface area contributed by atoms with Gasteiger partial charge in [-0.1, -0.05) is 0 Å². The van der Waals surface area contributed by atoms with Gasteiger partial charge >= 0.3 is 0 Å². The molecule has 1 N–H and O–H groups in total. The van der Waals surface area contributed by atoms with Crippen molar-refractivity contribution in [3.63, 3.8) is 0 Å². The standard InChI is InChI=1S/C14H20N2O3/c1-2-19-14(6-3-4-7-14)13-15-11-5-8-18-9-10(11)12(17)16-13/h2-9H2,1H3,(H,15,16,17). The van der Waals surface area contributed by atoms with Gasteiger partial charge in [0.25, 0.3) is 5.56 Å². The van der Waals surface area contributed by atoms with Crippen LogP contribution < -0.4 is 5.56 Å². The van der Waals surface area contributed by atoms with Crippen LogP contribution in [0.5, 0.6) is 0 Å². The van der Waals surface area contributed by atoms with E-state index in [1.165, 1.54) is 0 Å². The Labute approximate surface area is 112 Å². The molecule has 1 saturated carbocycles. The third-order valence-electron chi connectivity index (χ3n) is 4.09. The van der Waals surface area contributed by atoms with Gasteiger partial charge < -0.3 is 14.5 Å². The molecule has 2 heterocycles. The summed E-state index contributed by atoms with van der Waals surface area (Å²) < 4.78 is 11.3. The van der Waals surface area contributed by atoms with Crippen LogP contribution in [0.2, 0.25) is 0 Å². The summed E-state index contributed by atoms with van der Waals surface area (Å²) in [5.41, 5.74) is 1.13. The highest BCUT2D eigenvalue weighted by Crippen LogP contribution is 2.40. The summed E-state index contributed by atoms with van der Waals surface area (Å²) in [5.74, 6) is 0.720. The maximum atomic E-state index is 12.2. The number of hydrogen-bond acceptors (Lipinski definition) is 4.